The Morgan fingerprint density at radius 3 is 2.45 bits per heavy atom. The van der Waals surface area contributed by atoms with Crippen LogP contribution in [0, 0.1) is 5.82 Å². The average molecular weight is 428 g/mol. The van der Waals surface area contributed by atoms with Crippen molar-refractivity contribution in [2.24, 2.45) is 0 Å². The van der Waals surface area contributed by atoms with Gasteiger partial charge in [-0.2, -0.15) is 0 Å². The Morgan fingerprint density at radius 1 is 1.24 bits per heavy atom. The highest BCUT2D eigenvalue weighted by Crippen LogP contribution is 2.39. The number of carbonyl (C=O) groups is 2. The zero-order chi connectivity index (χ0) is 21.5. The van der Waals surface area contributed by atoms with Crippen molar-refractivity contribution in [2.75, 3.05) is 5.32 Å². The molecule has 0 aliphatic carbocycles. The van der Waals surface area contributed by atoms with Crippen LogP contribution in [0.3, 0.4) is 0 Å². The molecule has 1 N–H and O–H groups in total. The van der Waals surface area contributed by atoms with E-state index < -0.39 is 42.3 Å². The lowest BCUT2D eigenvalue weighted by molar-refractivity contribution is -0.165. The standard InChI is InChI=1S/C19H23ClFN3O5/c1-8(2)22-19-23-14-7-13(21)12(20)6-15(14)24(19)18-17(29-11(5)26)16(9(3)27-18)28-10(4)25/h6-9,16-18H,1-5H3,(H,22,23)/t9-,16-,17-,18-/m1/s1. The minimum atomic E-state index is -0.930. The quantitative estimate of drug-likeness (QED) is 0.731. The maximum atomic E-state index is 14.0. The van der Waals surface area contributed by atoms with E-state index in [1.807, 2.05) is 13.8 Å². The van der Waals surface area contributed by atoms with Gasteiger partial charge in [-0.1, -0.05) is 11.6 Å². The van der Waals surface area contributed by atoms with E-state index >= 15 is 0 Å². The number of nitrogens with one attached hydrogen (secondary N) is 1. The SMILES string of the molecule is CC(=O)O[C@@H]1[C@H](OC(C)=O)[C@@H](C)O[C@H]1n1c(NC(C)C)nc2cc(F)c(Cl)cc21. The van der Waals surface area contributed by atoms with Crippen molar-refractivity contribution in [1.82, 2.24) is 9.55 Å². The lowest BCUT2D eigenvalue weighted by Gasteiger charge is -2.25. The van der Waals surface area contributed by atoms with Gasteiger partial charge in [0.15, 0.2) is 18.4 Å². The van der Waals surface area contributed by atoms with Crippen molar-refractivity contribution in [3.63, 3.8) is 0 Å². The summed E-state index contributed by atoms with van der Waals surface area (Å²) in [6.07, 6.45) is -3.18. The van der Waals surface area contributed by atoms with Gasteiger partial charge < -0.3 is 19.5 Å². The van der Waals surface area contributed by atoms with Gasteiger partial charge in [-0.15, -0.1) is 0 Å². The zero-order valence-corrected chi connectivity index (χ0v) is 17.5. The number of esters is 2. The summed E-state index contributed by atoms with van der Waals surface area (Å²) in [5.74, 6) is -1.30. The van der Waals surface area contributed by atoms with Crippen LogP contribution in [0.25, 0.3) is 11.0 Å². The first-order valence-corrected chi connectivity index (χ1v) is 9.59. The number of benzene rings is 1. The van der Waals surface area contributed by atoms with Gasteiger partial charge in [0, 0.05) is 26.0 Å². The molecule has 0 bridgehead atoms. The first-order valence-electron chi connectivity index (χ1n) is 9.22. The van der Waals surface area contributed by atoms with Crippen molar-refractivity contribution < 1.29 is 28.2 Å². The number of halogens is 2. The van der Waals surface area contributed by atoms with Crippen LogP contribution in [0.4, 0.5) is 10.3 Å². The number of imidazole rings is 1. The van der Waals surface area contributed by atoms with Gasteiger partial charge in [0.1, 0.15) is 5.82 Å². The molecule has 1 aliphatic rings. The first kappa shape index (κ1) is 21.3. The number of aromatic nitrogens is 2. The lowest BCUT2D eigenvalue weighted by Crippen LogP contribution is -2.38. The summed E-state index contributed by atoms with van der Waals surface area (Å²) in [5.41, 5.74) is 0.834. The van der Waals surface area contributed by atoms with Crippen LogP contribution in [0.15, 0.2) is 12.1 Å². The number of fused-ring (bicyclic) bond motifs is 1. The molecular weight excluding hydrogens is 405 g/mol. The van der Waals surface area contributed by atoms with Crippen molar-refractivity contribution in [2.45, 2.75) is 65.2 Å². The fourth-order valence-electron chi connectivity index (χ4n) is 3.39. The van der Waals surface area contributed by atoms with Crippen LogP contribution < -0.4 is 5.32 Å². The van der Waals surface area contributed by atoms with E-state index in [0.717, 1.165) is 0 Å². The second kappa shape index (κ2) is 8.16. The largest absolute Gasteiger partial charge is 0.456 e. The van der Waals surface area contributed by atoms with E-state index in [0.29, 0.717) is 17.0 Å². The summed E-state index contributed by atoms with van der Waals surface area (Å²) in [6.45, 7) is 8.08. The highest BCUT2D eigenvalue weighted by molar-refractivity contribution is 6.31. The number of nitrogens with zero attached hydrogens (tertiary/aromatic N) is 2. The van der Waals surface area contributed by atoms with Crippen LogP contribution in [0.5, 0.6) is 0 Å². The molecule has 8 nitrogen and oxygen atoms in total. The van der Waals surface area contributed by atoms with Crippen molar-refractivity contribution in [3.8, 4) is 0 Å². The van der Waals surface area contributed by atoms with Gasteiger partial charge >= 0.3 is 11.9 Å². The van der Waals surface area contributed by atoms with E-state index in [4.69, 9.17) is 25.8 Å². The molecule has 0 amide bonds. The molecule has 3 rings (SSSR count). The molecule has 2 heterocycles. The molecule has 29 heavy (non-hydrogen) atoms. The molecule has 1 aliphatic heterocycles. The fraction of sp³-hybridized carbons (Fsp3) is 0.526. The number of anilines is 1. The molecule has 4 atom stereocenters. The van der Waals surface area contributed by atoms with Gasteiger partial charge in [-0.3, -0.25) is 14.2 Å². The van der Waals surface area contributed by atoms with Crippen molar-refractivity contribution in [3.05, 3.63) is 23.0 Å². The van der Waals surface area contributed by atoms with E-state index in [2.05, 4.69) is 10.3 Å². The molecule has 158 valence electrons. The average Bonchev–Trinajstić information content (AvgIpc) is 3.05. The molecule has 1 aromatic heterocycles. The highest BCUT2D eigenvalue weighted by atomic mass is 35.5. The number of hydrogen-bond donors (Lipinski definition) is 1. The predicted molar refractivity (Wildman–Crippen MR) is 104 cm³/mol. The third-order valence-corrected chi connectivity index (χ3v) is 4.72. The maximum absolute atomic E-state index is 14.0. The summed E-state index contributed by atoms with van der Waals surface area (Å²) >= 11 is 6.00. The zero-order valence-electron chi connectivity index (χ0n) is 16.7. The van der Waals surface area contributed by atoms with Crippen LogP contribution in [0.2, 0.25) is 5.02 Å². The topological polar surface area (TPSA) is 91.7 Å². The Bertz CT molecular complexity index is 948. The lowest BCUT2D eigenvalue weighted by atomic mass is 10.1. The molecule has 0 spiro atoms. The molecule has 0 unspecified atom stereocenters. The number of ether oxygens (including phenoxy) is 3. The second-order valence-electron chi connectivity index (χ2n) is 7.24. The van der Waals surface area contributed by atoms with Gasteiger partial charge in [-0.25, -0.2) is 9.37 Å². The summed E-state index contributed by atoms with van der Waals surface area (Å²) in [5, 5.41) is 3.10. The minimum absolute atomic E-state index is 0.00106. The second-order valence-corrected chi connectivity index (χ2v) is 7.65. The van der Waals surface area contributed by atoms with Gasteiger partial charge in [0.25, 0.3) is 0 Å². The van der Waals surface area contributed by atoms with Gasteiger partial charge in [0.2, 0.25) is 5.95 Å². The fourth-order valence-corrected chi connectivity index (χ4v) is 3.55. The monoisotopic (exact) mass is 427 g/mol. The molecule has 1 aromatic carbocycles. The van der Waals surface area contributed by atoms with Gasteiger partial charge in [-0.05, 0) is 26.8 Å². The normalized spacial score (nSPS) is 24.1. The molecular formula is C19H23ClFN3O5. The number of carbonyl (C=O) groups excluding carboxylic acids is 2. The van der Waals surface area contributed by atoms with Gasteiger partial charge in [0.05, 0.1) is 22.2 Å². The third kappa shape index (κ3) is 4.30. The summed E-state index contributed by atoms with van der Waals surface area (Å²) < 4.78 is 32.5. The molecule has 1 saturated heterocycles. The van der Waals surface area contributed by atoms with Crippen LogP contribution in [-0.4, -0.2) is 45.8 Å². The van der Waals surface area contributed by atoms with E-state index in [1.54, 1.807) is 11.5 Å². The molecule has 0 radical (unpaired) electrons. The smallest absolute Gasteiger partial charge is 0.303 e. The molecule has 10 heteroatoms. The molecule has 2 aromatic rings. The van der Waals surface area contributed by atoms with E-state index in [1.165, 1.54) is 26.0 Å². The number of hydrogen-bond acceptors (Lipinski definition) is 7. The minimum Gasteiger partial charge on any atom is -0.456 e. The Hall–Kier alpha value is -2.39. The number of rotatable bonds is 5. The summed E-state index contributed by atoms with van der Waals surface area (Å²) in [6, 6.07) is 2.66. The highest BCUT2D eigenvalue weighted by Gasteiger charge is 2.49. The first-order chi connectivity index (χ1) is 13.6. The Kier molecular flexibility index (Phi) is 6.00. The Morgan fingerprint density at radius 2 is 1.86 bits per heavy atom. The maximum Gasteiger partial charge on any atom is 0.303 e. The van der Waals surface area contributed by atoms with Crippen molar-refractivity contribution >= 4 is 40.5 Å². The molecule has 1 fully saturated rings. The Balaban J connectivity index is 2.16. The third-order valence-electron chi connectivity index (χ3n) is 4.43. The predicted octanol–water partition coefficient (Wildman–Crippen LogP) is 3.43. The van der Waals surface area contributed by atoms with E-state index in [-0.39, 0.29) is 11.1 Å². The summed E-state index contributed by atoms with van der Waals surface area (Å²) in [7, 11) is 0. The van der Waals surface area contributed by atoms with Crippen molar-refractivity contribution in [1.29, 1.82) is 0 Å². The van der Waals surface area contributed by atoms with Crippen LogP contribution in [-0.2, 0) is 23.8 Å². The summed E-state index contributed by atoms with van der Waals surface area (Å²) in [4.78, 5) is 27.8. The van der Waals surface area contributed by atoms with Crippen LogP contribution in [0.1, 0.15) is 40.8 Å². The Labute approximate surface area is 172 Å². The molecule has 0 saturated carbocycles. The van der Waals surface area contributed by atoms with E-state index in [9.17, 15) is 14.0 Å². The van der Waals surface area contributed by atoms with Crippen LogP contribution >= 0.6 is 11.6 Å².